The van der Waals surface area contributed by atoms with Crippen molar-refractivity contribution in [3.63, 3.8) is 0 Å². The molecule has 62 valence electrons. The lowest BCUT2D eigenvalue weighted by Crippen LogP contribution is -2.23. The van der Waals surface area contributed by atoms with E-state index in [4.69, 9.17) is 5.11 Å². The van der Waals surface area contributed by atoms with Crippen LogP contribution in [0, 0.1) is 0 Å². The molecule has 0 aliphatic heterocycles. The molecular weight excluding hydrogens is 150 g/mol. The highest BCUT2D eigenvalue weighted by Gasteiger charge is 2.02. The molecule has 0 aromatic heterocycles. The summed E-state index contributed by atoms with van der Waals surface area (Å²) in [7, 11) is 0.872. The van der Waals surface area contributed by atoms with Gasteiger partial charge in [0.2, 0.25) is 0 Å². The zero-order chi connectivity index (χ0) is 8.15. The van der Waals surface area contributed by atoms with Crippen molar-refractivity contribution in [2.75, 3.05) is 19.8 Å². The average Bonchev–Trinajstić information content (AvgIpc) is 1.82. The Morgan fingerprint density at radius 1 is 1.70 bits per heavy atom. The average molecular weight is 165 g/mol. The van der Waals surface area contributed by atoms with Crippen LogP contribution in [-0.4, -0.2) is 39.6 Å². The number of hydrogen-bond donors (Lipinski definition) is 1. The van der Waals surface area contributed by atoms with Crippen molar-refractivity contribution < 1.29 is 9.32 Å². The van der Waals surface area contributed by atoms with Gasteiger partial charge in [0.25, 0.3) is 0 Å². The molecule has 0 saturated heterocycles. The van der Waals surface area contributed by atoms with Crippen LogP contribution < -0.4 is 0 Å². The first kappa shape index (κ1) is 10.1. The normalized spacial score (nSPS) is 17.3. The first-order chi connectivity index (χ1) is 4.54. The van der Waals surface area contributed by atoms with E-state index >= 15 is 0 Å². The summed E-state index contributed by atoms with van der Waals surface area (Å²) in [6.45, 7) is 2.41. The minimum Gasteiger partial charge on any atom is -0.393 e. The lowest BCUT2D eigenvalue weighted by Gasteiger charge is -2.13. The molecule has 0 aromatic carbocycles. The fourth-order valence-electron chi connectivity index (χ4n) is 0.497. The summed E-state index contributed by atoms with van der Waals surface area (Å²) >= 11 is 0. The van der Waals surface area contributed by atoms with Gasteiger partial charge in [-0.25, -0.2) is 8.51 Å². The molecular formula is C6H15NO2S. The fourth-order valence-corrected chi connectivity index (χ4v) is 0.860. The smallest absolute Gasteiger partial charge is 0.0908 e. The molecule has 3 nitrogen and oxygen atoms in total. The molecule has 0 radical (unpaired) electrons. The van der Waals surface area contributed by atoms with Gasteiger partial charge in [-0.3, -0.25) is 0 Å². The van der Waals surface area contributed by atoms with Gasteiger partial charge in [0.1, 0.15) is 0 Å². The van der Waals surface area contributed by atoms with Gasteiger partial charge in [0, 0.05) is 12.8 Å². The predicted molar refractivity (Wildman–Crippen MR) is 43.0 cm³/mol. The van der Waals surface area contributed by atoms with Gasteiger partial charge in [-0.1, -0.05) is 0 Å². The Morgan fingerprint density at radius 2 is 2.20 bits per heavy atom. The summed E-state index contributed by atoms with van der Waals surface area (Å²) in [5.41, 5.74) is 0. The third kappa shape index (κ3) is 4.90. The molecule has 0 spiro atoms. The molecule has 0 saturated carbocycles. The molecule has 0 bridgehead atoms. The summed E-state index contributed by atoms with van der Waals surface area (Å²) in [5.74, 6) is 0. The summed E-state index contributed by atoms with van der Waals surface area (Å²) in [6, 6.07) is 0. The lowest BCUT2D eigenvalue weighted by molar-refractivity contribution is 0.178. The summed E-state index contributed by atoms with van der Waals surface area (Å²) < 4.78 is 12.4. The highest BCUT2D eigenvalue weighted by atomic mass is 32.2. The maximum Gasteiger partial charge on any atom is 0.0908 e. The Morgan fingerprint density at radius 3 is 2.50 bits per heavy atom. The molecule has 0 heterocycles. The van der Waals surface area contributed by atoms with Gasteiger partial charge in [-0.2, -0.15) is 0 Å². The lowest BCUT2D eigenvalue weighted by atomic mass is 10.3. The summed E-state index contributed by atoms with van der Waals surface area (Å²) in [4.78, 5) is 0. The minimum atomic E-state index is -0.905. The van der Waals surface area contributed by atoms with E-state index in [1.54, 1.807) is 24.5 Å². The van der Waals surface area contributed by atoms with Gasteiger partial charge < -0.3 is 5.11 Å². The monoisotopic (exact) mass is 165 g/mol. The van der Waals surface area contributed by atoms with Crippen LogP contribution in [0.2, 0.25) is 0 Å². The van der Waals surface area contributed by atoms with Gasteiger partial charge in [-0.05, 0) is 20.4 Å². The Kier molecular flexibility index (Phi) is 4.85. The van der Waals surface area contributed by atoms with Gasteiger partial charge in [0.15, 0.2) is 0 Å². The highest BCUT2D eigenvalue weighted by Crippen LogP contribution is 1.94. The van der Waals surface area contributed by atoms with E-state index in [1.807, 2.05) is 0 Å². The van der Waals surface area contributed by atoms with E-state index < -0.39 is 11.0 Å². The van der Waals surface area contributed by atoms with Crippen molar-refractivity contribution in [1.29, 1.82) is 0 Å². The number of aliphatic hydroxyl groups is 1. The SMILES string of the molecule is CC(O)CCN(C)S(C)=O. The summed E-state index contributed by atoms with van der Waals surface area (Å²) in [6.07, 6.45) is 2.00. The van der Waals surface area contributed by atoms with Gasteiger partial charge in [0.05, 0.1) is 17.1 Å². The molecule has 0 rings (SSSR count). The Bertz CT molecular complexity index is 116. The van der Waals surface area contributed by atoms with Crippen molar-refractivity contribution in [3.8, 4) is 0 Å². The van der Waals surface area contributed by atoms with Crippen molar-refractivity contribution >= 4 is 11.0 Å². The second-order valence-corrected chi connectivity index (χ2v) is 3.88. The van der Waals surface area contributed by atoms with E-state index in [9.17, 15) is 4.21 Å². The third-order valence-electron chi connectivity index (χ3n) is 1.30. The van der Waals surface area contributed by atoms with Crippen LogP contribution >= 0.6 is 0 Å². The second-order valence-electron chi connectivity index (χ2n) is 2.41. The third-order valence-corrected chi connectivity index (χ3v) is 2.36. The molecule has 2 unspecified atom stereocenters. The van der Waals surface area contributed by atoms with Crippen LogP contribution in [0.4, 0.5) is 0 Å². The Balaban J connectivity index is 3.40. The molecule has 0 fully saturated rings. The number of hydrogen-bond acceptors (Lipinski definition) is 2. The van der Waals surface area contributed by atoms with E-state index in [0.29, 0.717) is 13.0 Å². The fraction of sp³-hybridized carbons (Fsp3) is 1.00. The van der Waals surface area contributed by atoms with Crippen LogP contribution in [0.1, 0.15) is 13.3 Å². The largest absolute Gasteiger partial charge is 0.393 e. The number of aliphatic hydroxyl groups excluding tert-OH is 1. The highest BCUT2D eigenvalue weighted by molar-refractivity contribution is 7.81. The van der Waals surface area contributed by atoms with Gasteiger partial charge >= 0.3 is 0 Å². The zero-order valence-electron chi connectivity index (χ0n) is 6.70. The van der Waals surface area contributed by atoms with E-state index in [1.165, 1.54) is 0 Å². The van der Waals surface area contributed by atoms with E-state index in [2.05, 4.69) is 0 Å². The molecule has 0 aromatic rings. The number of rotatable bonds is 4. The molecule has 0 aliphatic carbocycles. The van der Waals surface area contributed by atoms with Crippen molar-refractivity contribution in [1.82, 2.24) is 4.31 Å². The van der Waals surface area contributed by atoms with Crippen molar-refractivity contribution in [2.45, 2.75) is 19.4 Å². The van der Waals surface area contributed by atoms with Crippen molar-refractivity contribution in [3.05, 3.63) is 0 Å². The summed E-state index contributed by atoms with van der Waals surface area (Å²) in [5, 5.41) is 8.86. The van der Waals surface area contributed by atoms with Crippen LogP contribution in [0.15, 0.2) is 0 Å². The maximum atomic E-state index is 10.7. The predicted octanol–water partition coefficient (Wildman–Crippen LogP) is -0.0174. The minimum absolute atomic E-state index is 0.300. The Labute approximate surface area is 64.6 Å². The topological polar surface area (TPSA) is 40.5 Å². The standard InChI is InChI=1S/C6H15NO2S/c1-6(8)4-5-7(2)10(3)9/h6,8H,4-5H2,1-3H3. The van der Waals surface area contributed by atoms with Gasteiger partial charge in [-0.15, -0.1) is 0 Å². The molecule has 0 amide bonds. The molecule has 10 heavy (non-hydrogen) atoms. The van der Waals surface area contributed by atoms with E-state index in [-0.39, 0.29) is 6.10 Å². The quantitative estimate of drug-likeness (QED) is 0.636. The number of nitrogens with zero attached hydrogens (tertiary/aromatic N) is 1. The molecule has 1 N–H and O–H groups in total. The zero-order valence-corrected chi connectivity index (χ0v) is 7.52. The van der Waals surface area contributed by atoms with E-state index in [0.717, 1.165) is 0 Å². The molecule has 4 heteroatoms. The molecule has 2 atom stereocenters. The molecule has 0 aliphatic rings. The maximum absolute atomic E-state index is 10.7. The van der Waals surface area contributed by atoms with Crippen molar-refractivity contribution in [2.24, 2.45) is 0 Å². The first-order valence-corrected chi connectivity index (χ1v) is 4.78. The first-order valence-electron chi connectivity index (χ1n) is 3.26. The van der Waals surface area contributed by atoms with Crippen LogP contribution in [0.5, 0.6) is 0 Å². The van der Waals surface area contributed by atoms with Crippen LogP contribution in [0.3, 0.4) is 0 Å². The van der Waals surface area contributed by atoms with Crippen LogP contribution in [-0.2, 0) is 11.0 Å². The second kappa shape index (κ2) is 4.82. The van der Waals surface area contributed by atoms with Crippen LogP contribution in [0.25, 0.3) is 0 Å². The Hall–Kier alpha value is 0.0700.